The molecule has 1 unspecified atom stereocenters. The van der Waals surface area contributed by atoms with Crippen LogP contribution in [-0.4, -0.2) is 53.5 Å². The van der Waals surface area contributed by atoms with Crippen LogP contribution in [0.25, 0.3) is 0 Å². The number of aliphatic hydroxyl groups is 1. The minimum Gasteiger partial charge on any atom is -0.385 e. The molecule has 1 N–H and O–H groups in total. The summed E-state index contributed by atoms with van der Waals surface area (Å²) in [5.74, 6) is 0.254. The molecule has 2 heterocycles. The third kappa shape index (κ3) is 3.98. The molecule has 1 atom stereocenters. The first-order chi connectivity index (χ1) is 11.6. The fourth-order valence-electron chi connectivity index (χ4n) is 4.12. The lowest BCUT2D eigenvalue weighted by atomic mass is 9.84. The summed E-state index contributed by atoms with van der Waals surface area (Å²) in [5, 5.41) is 10.9. The molecular weight excluding hydrogens is 300 g/mol. The van der Waals surface area contributed by atoms with Crippen LogP contribution in [0, 0.1) is 0 Å². The summed E-state index contributed by atoms with van der Waals surface area (Å²) in [6, 6.07) is 10.4. The highest BCUT2D eigenvalue weighted by Gasteiger charge is 2.35. The van der Waals surface area contributed by atoms with Gasteiger partial charge in [0.2, 0.25) is 5.91 Å². The monoisotopic (exact) mass is 330 g/mol. The summed E-state index contributed by atoms with van der Waals surface area (Å²) in [7, 11) is 2.18. The molecular formula is C20H30N2O2. The van der Waals surface area contributed by atoms with Crippen LogP contribution in [-0.2, 0) is 10.4 Å². The van der Waals surface area contributed by atoms with Crippen LogP contribution < -0.4 is 0 Å². The van der Waals surface area contributed by atoms with E-state index in [-0.39, 0.29) is 5.91 Å². The Kier molecular flexibility index (Phi) is 5.57. The summed E-state index contributed by atoms with van der Waals surface area (Å²) < 4.78 is 0. The number of hydrogen-bond acceptors (Lipinski definition) is 3. The van der Waals surface area contributed by atoms with E-state index in [0.717, 1.165) is 18.5 Å². The summed E-state index contributed by atoms with van der Waals surface area (Å²) in [5.41, 5.74) is 0.197. The zero-order valence-electron chi connectivity index (χ0n) is 14.8. The average Bonchev–Trinajstić information content (AvgIpc) is 2.62. The highest BCUT2D eigenvalue weighted by molar-refractivity contribution is 5.76. The van der Waals surface area contributed by atoms with Crippen LogP contribution in [0.3, 0.4) is 0 Å². The molecule has 0 bridgehead atoms. The van der Waals surface area contributed by atoms with E-state index in [0.29, 0.717) is 38.4 Å². The van der Waals surface area contributed by atoms with E-state index in [9.17, 15) is 9.90 Å². The third-order valence-corrected chi connectivity index (χ3v) is 5.87. The summed E-state index contributed by atoms with van der Waals surface area (Å²) in [6.07, 6.45) is 6.66. The van der Waals surface area contributed by atoms with E-state index in [2.05, 4.69) is 11.9 Å². The van der Waals surface area contributed by atoms with Crippen LogP contribution in [0.4, 0.5) is 0 Å². The van der Waals surface area contributed by atoms with Gasteiger partial charge >= 0.3 is 0 Å². The van der Waals surface area contributed by atoms with Gasteiger partial charge in [0.05, 0.1) is 5.60 Å². The van der Waals surface area contributed by atoms with E-state index in [1.165, 1.54) is 19.3 Å². The van der Waals surface area contributed by atoms with Crippen molar-refractivity contribution >= 4 is 5.91 Å². The standard InChI is InChI=1S/C20H30N2O2/c1-21-14-6-5-9-18(21)10-11-19(23)22-15-12-20(24,13-16-22)17-7-3-2-4-8-17/h2-4,7-8,18,24H,5-6,9-16H2,1H3. The van der Waals surface area contributed by atoms with Gasteiger partial charge in [-0.3, -0.25) is 4.79 Å². The molecule has 3 rings (SSSR count). The number of piperidine rings is 2. The number of likely N-dealkylation sites (tertiary alicyclic amines) is 2. The van der Waals surface area contributed by atoms with E-state index in [4.69, 9.17) is 0 Å². The lowest BCUT2D eigenvalue weighted by Crippen LogP contribution is -2.45. The predicted molar refractivity (Wildman–Crippen MR) is 95.7 cm³/mol. The van der Waals surface area contributed by atoms with Gasteiger partial charge in [-0.25, -0.2) is 0 Å². The zero-order chi connectivity index (χ0) is 17.0. The molecule has 2 saturated heterocycles. The number of amides is 1. The Morgan fingerprint density at radius 1 is 1.17 bits per heavy atom. The highest BCUT2D eigenvalue weighted by Crippen LogP contribution is 2.33. The van der Waals surface area contributed by atoms with Crippen molar-refractivity contribution in [2.45, 2.75) is 56.6 Å². The molecule has 2 aliphatic heterocycles. The fourth-order valence-corrected chi connectivity index (χ4v) is 4.12. The van der Waals surface area contributed by atoms with Crippen molar-refractivity contribution in [3.8, 4) is 0 Å². The van der Waals surface area contributed by atoms with E-state index in [1.807, 2.05) is 35.2 Å². The second-order valence-electron chi connectivity index (χ2n) is 7.45. The maximum atomic E-state index is 12.5. The normalized spacial score (nSPS) is 24.8. The number of rotatable bonds is 4. The number of hydrogen-bond donors (Lipinski definition) is 1. The molecule has 4 heteroatoms. The minimum absolute atomic E-state index is 0.254. The Bertz CT molecular complexity index is 538. The molecule has 2 aliphatic rings. The van der Waals surface area contributed by atoms with Gasteiger partial charge in [-0.1, -0.05) is 36.8 Å². The summed E-state index contributed by atoms with van der Waals surface area (Å²) in [6.45, 7) is 2.47. The lowest BCUT2D eigenvalue weighted by Gasteiger charge is -2.39. The molecule has 2 fully saturated rings. The van der Waals surface area contributed by atoms with Gasteiger partial charge in [0, 0.05) is 25.6 Å². The molecule has 132 valence electrons. The maximum Gasteiger partial charge on any atom is 0.222 e. The van der Waals surface area contributed by atoms with Gasteiger partial charge < -0.3 is 14.9 Å². The van der Waals surface area contributed by atoms with Crippen molar-refractivity contribution in [3.05, 3.63) is 35.9 Å². The van der Waals surface area contributed by atoms with Gasteiger partial charge in [-0.05, 0) is 51.3 Å². The second-order valence-corrected chi connectivity index (χ2v) is 7.45. The van der Waals surface area contributed by atoms with Crippen LogP contribution in [0.2, 0.25) is 0 Å². The Balaban J connectivity index is 1.48. The summed E-state index contributed by atoms with van der Waals surface area (Å²) >= 11 is 0. The smallest absolute Gasteiger partial charge is 0.222 e. The van der Waals surface area contributed by atoms with Crippen molar-refractivity contribution in [1.82, 2.24) is 9.80 Å². The zero-order valence-corrected chi connectivity index (χ0v) is 14.8. The Morgan fingerprint density at radius 3 is 2.54 bits per heavy atom. The number of carbonyl (C=O) groups is 1. The topological polar surface area (TPSA) is 43.8 Å². The molecule has 24 heavy (non-hydrogen) atoms. The van der Waals surface area contributed by atoms with Crippen LogP contribution in [0.15, 0.2) is 30.3 Å². The Hall–Kier alpha value is -1.39. The van der Waals surface area contributed by atoms with Gasteiger partial charge in [-0.15, -0.1) is 0 Å². The highest BCUT2D eigenvalue weighted by atomic mass is 16.3. The molecule has 1 aromatic rings. The van der Waals surface area contributed by atoms with Crippen molar-refractivity contribution in [2.75, 3.05) is 26.7 Å². The maximum absolute atomic E-state index is 12.5. The predicted octanol–water partition coefficient (Wildman–Crippen LogP) is 2.76. The average molecular weight is 330 g/mol. The molecule has 0 aliphatic carbocycles. The van der Waals surface area contributed by atoms with Gasteiger partial charge in [0.1, 0.15) is 0 Å². The van der Waals surface area contributed by atoms with Crippen molar-refractivity contribution in [1.29, 1.82) is 0 Å². The first-order valence-corrected chi connectivity index (χ1v) is 9.34. The number of nitrogens with zero attached hydrogens (tertiary/aromatic N) is 2. The first-order valence-electron chi connectivity index (χ1n) is 9.34. The second kappa shape index (κ2) is 7.66. The minimum atomic E-state index is -0.776. The molecule has 1 amide bonds. The quantitative estimate of drug-likeness (QED) is 0.923. The lowest BCUT2D eigenvalue weighted by molar-refractivity contribution is -0.136. The van der Waals surface area contributed by atoms with E-state index < -0.39 is 5.60 Å². The van der Waals surface area contributed by atoms with Crippen molar-refractivity contribution in [2.24, 2.45) is 0 Å². The Labute approximate surface area is 145 Å². The third-order valence-electron chi connectivity index (χ3n) is 5.87. The first kappa shape index (κ1) is 17.4. The molecule has 0 spiro atoms. The van der Waals surface area contributed by atoms with Crippen molar-refractivity contribution < 1.29 is 9.90 Å². The SMILES string of the molecule is CN1CCCCC1CCC(=O)N1CCC(O)(c2ccccc2)CC1. The van der Waals surface area contributed by atoms with E-state index >= 15 is 0 Å². The molecule has 0 saturated carbocycles. The number of carbonyl (C=O) groups excluding carboxylic acids is 1. The fraction of sp³-hybridized carbons (Fsp3) is 0.650. The van der Waals surface area contributed by atoms with Gasteiger partial charge in [0.15, 0.2) is 0 Å². The van der Waals surface area contributed by atoms with E-state index in [1.54, 1.807) is 0 Å². The summed E-state index contributed by atoms with van der Waals surface area (Å²) in [4.78, 5) is 16.9. The molecule has 0 aromatic heterocycles. The molecule has 1 aromatic carbocycles. The molecule has 0 radical (unpaired) electrons. The molecule has 4 nitrogen and oxygen atoms in total. The van der Waals surface area contributed by atoms with Gasteiger partial charge in [-0.2, -0.15) is 0 Å². The van der Waals surface area contributed by atoms with Crippen LogP contribution in [0.1, 0.15) is 50.5 Å². The van der Waals surface area contributed by atoms with Crippen LogP contribution >= 0.6 is 0 Å². The van der Waals surface area contributed by atoms with Gasteiger partial charge in [0.25, 0.3) is 0 Å². The Morgan fingerprint density at radius 2 is 1.88 bits per heavy atom. The van der Waals surface area contributed by atoms with Crippen molar-refractivity contribution in [3.63, 3.8) is 0 Å². The largest absolute Gasteiger partial charge is 0.385 e. The van der Waals surface area contributed by atoms with Crippen LogP contribution in [0.5, 0.6) is 0 Å². The number of benzene rings is 1.